The van der Waals surface area contributed by atoms with Gasteiger partial charge in [0.05, 0.1) is 11.6 Å². The average molecular weight is 224 g/mol. The zero-order chi connectivity index (χ0) is 11.3. The highest BCUT2D eigenvalue weighted by Crippen LogP contribution is 2.17. The summed E-state index contributed by atoms with van der Waals surface area (Å²) in [5, 5.41) is 8.81. The lowest BCUT2D eigenvalue weighted by Crippen LogP contribution is -2.17. The van der Waals surface area contributed by atoms with E-state index in [0.717, 1.165) is 11.3 Å². The fourth-order valence-electron chi connectivity index (χ4n) is 1.15. The maximum absolute atomic E-state index is 12.9. The number of nitrogens with two attached hydrogens (primary N) is 1. The summed E-state index contributed by atoms with van der Waals surface area (Å²) < 4.78 is 12.9. The lowest BCUT2D eigenvalue weighted by atomic mass is 10.1. The normalized spacial score (nSPS) is 12.1. The smallest absolute Gasteiger partial charge is 0.123 e. The lowest BCUT2D eigenvalue weighted by Gasteiger charge is -2.06. The molecule has 0 saturated carbocycles. The lowest BCUT2D eigenvalue weighted by molar-refractivity contribution is 0.626. The van der Waals surface area contributed by atoms with Crippen molar-refractivity contribution < 1.29 is 4.39 Å². The Labute approximate surface area is 93.3 Å². The number of benzene rings is 1. The van der Waals surface area contributed by atoms with Gasteiger partial charge < -0.3 is 5.73 Å². The van der Waals surface area contributed by atoms with Crippen LogP contribution in [0.1, 0.15) is 18.1 Å². The minimum absolute atomic E-state index is 0.120. The Morgan fingerprint density at radius 1 is 1.60 bits per heavy atom. The molecule has 0 spiro atoms. The van der Waals surface area contributed by atoms with Crippen molar-refractivity contribution in [2.24, 2.45) is 5.73 Å². The van der Waals surface area contributed by atoms with Crippen molar-refractivity contribution in [3.05, 3.63) is 35.1 Å². The van der Waals surface area contributed by atoms with Crippen LogP contribution in [0.5, 0.6) is 0 Å². The van der Waals surface area contributed by atoms with Gasteiger partial charge in [0.25, 0.3) is 0 Å². The second kappa shape index (κ2) is 5.74. The molecule has 0 aliphatic rings. The Hall–Kier alpha value is -1.05. The Balaban J connectivity index is 2.67. The van der Waals surface area contributed by atoms with Crippen LogP contribution in [0, 0.1) is 17.1 Å². The summed E-state index contributed by atoms with van der Waals surface area (Å²) in [6.45, 7) is 1.92. The van der Waals surface area contributed by atoms with Crippen LogP contribution in [0.2, 0.25) is 0 Å². The van der Waals surface area contributed by atoms with Crippen LogP contribution in [0.3, 0.4) is 0 Å². The molecule has 1 aromatic rings. The molecule has 0 aliphatic carbocycles. The van der Waals surface area contributed by atoms with Crippen molar-refractivity contribution >= 4 is 11.8 Å². The number of hydrogen-bond acceptors (Lipinski definition) is 3. The molecule has 1 rings (SSSR count). The first kappa shape index (κ1) is 12.0. The predicted molar refractivity (Wildman–Crippen MR) is 60.9 cm³/mol. The predicted octanol–water partition coefficient (Wildman–Crippen LogP) is 2.28. The summed E-state index contributed by atoms with van der Waals surface area (Å²) in [6.07, 6.45) is 0. The SMILES string of the molecule is CC(N)CSCc1cc(F)ccc1C#N. The average Bonchev–Trinajstić information content (AvgIpc) is 2.17. The molecule has 0 aromatic heterocycles. The fourth-order valence-corrected chi connectivity index (χ4v) is 2.09. The van der Waals surface area contributed by atoms with E-state index in [1.54, 1.807) is 11.8 Å². The minimum atomic E-state index is -0.301. The monoisotopic (exact) mass is 224 g/mol. The largest absolute Gasteiger partial charge is 0.327 e. The van der Waals surface area contributed by atoms with Gasteiger partial charge in [0.2, 0.25) is 0 Å². The van der Waals surface area contributed by atoms with Crippen LogP contribution in [0.15, 0.2) is 18.2 Å². The number of hydrogen-bond donors (Lipinski definition) is 1. The zero-order valence-electron chi connectivity index (χ0n) is 8.53. The van der Waals surface area contributed by atoms with Crippen LogP contribution < -0.4 is 5.73 Å². The number of nitriles is 1. The van der Waals surface area contributed by atoms with Crippen LogP contribution in [0.4, 0.5) is 4.39 Å². The Kier molecular flexibility index (Phi) is 4.60. The quantitative estimate of drug-likeness (QED) is 0.853. The summed E-state index contributed by atoms with van der Waals surface area (Å²) in [5.74, 6) is 1.13. The van der Waals surface area contributed by atoms with Gasteiger partial charge in [-0.2, -0.15) is 17.0 Å². The van der Waals surface area contributed by atoms with Crippen molar-refractivity contribution in [1.82, 2.24) is 0 Å². The van der Waals surface area contributed by atoms with Crippen LogP contribution in [0.25, 0.3) is 0 Å². The summed E-state index contributed by atoms with van der Waals surface area (Å²) in [5.41, 5.74) is 6.87. The maximum Gasteiger partial charge on any atom is 0.123 e. The highest BCUT2D eigenvalue weighted by atomic mass is 32.2. The molecule has 0 radical (unpaired) electrons. The summed E-state index contributed by atoms with van der Waals surface area (Å²) in [7, 11) is 0. The van der Waals surface area contributed by atoms with Crippen LogP contribution in [-0.2, 0) is 5.75 Å². The van der Waals surface area contributed by atoms with Gasteiger partial charge in [-0.1, -0.05) is 0 Å². The van der Waals surface area contributed by atoms with Gasteiger partial charge in [0, 0.05) is 17.5 Å². The first-order valence-electron chi connectivity index (χ1n) is 4.65. The molecule has 4 heteroatoms. The minimum Gasteiger partial charge on any atom is -0.327 e. The third kappa shape index (κ3) is 3.90. The molecule has 80 valence electrons. The van der Waals surface area contributed by atoms with Gasteiger partial charge in [-0.05, 0) is 30.7 Å². The standard InChI is InChI=1S/C11H13FN2S/c1-8(14)6-15-7-10-4-11(12)3-2-9(10)5-13/h2-4,8H,6-7,14H2,1H3. The molecule has 0 bridgehead atoms. The fraction of sp³-hybridized carbons (Fsp3) is 0.364. The highest BCUT2D eigenvalue weighted by molar-refractivity contribution is 7.98. The summed E-state index contributed by atoms with van der Waals surface area (Å²) in [4.78, 5) is 0. The molecule has 0 heterocycles. The second-order valence-corrected chi connectivity index (χ2v) is 4.44. The van der Waals surface area contributed by atoms with E-state index < -0.39 is 0 Å². The Morgan fingerprint density at radius 2 is 2.33 bits per heavy atom. The molecular weight excluding hydrogens is 211 g/mol. The van der Waals surface area contributed by atoms with Gasteiger partial charge in [-0.15, -0.1) is 0 Å². The molecule has 2 nitrogen and oxygen atoms in total. The van der Waals surface area contributed by atoms with E-state index in [-0.39, 0.29) is 11.9 Å². The van der Waals surface area contributed by atoms with E-state index in [9.17, 15) is 4.39 Å². The van der Waals surface area contributed by atoms with E-state index in [0.29, 0.717) is 11.3 Å². The van der Waals surface area contributed by atoms with Gasteiger partial charge in [0.1, 0.15) is 5.82 Å². The summed E-state index contributed by atoms with van der Waals surface area (Å²) in [6, 6.07) is 6.39. The van der Waals surface area contributed by atoms with Crippen molar-refractivity contribution in [2.45, 2.75) is 18.7 Å². The third-order valence-electron chi connectivity index (χ3n) is 1.83. The molecule has 2 N–H and O–H groups in total. The Morgan fingerprint density at radius 3 is 2.93 bits per heavy atom. The number of nitrogens with zero attached hydrogens (tertiary/aromatic N) is 1. The molecule has 0 amide bonds. The molecular formula is C11H13FN2S. The van der Waals surface area contributed by atoms with Crippen molar-refractivity contribution in [2.75, 3.05) is 5.75 Å². The topological polar surface area (TPSA) is 49.8 Å². The summed E-state index contributed by atoms with van der Waals surface area (Å²) >= 11 is 1.61. The molecule has 0 aliphatic heterocycles. The number of thioether (sulfide) groups is 1. The Bertz CT molecular complexity index is 371. The van der Waals surface area contributed by atoms with Gasteiger partial charge in [-0.3, -0.25) is 0 Å². The van der Waals surface area contributed by atoms with E-state index in [4.69, 9.17) is 11.0 Å². The second-order valence-electron chi connectivity index (χ2n) is 3.41. The number of halogens is 1. The zero-order valence-corrected chi connectivity index (χ0v) is 9.35. The van der Waals surface area contributed by atoms with Crippen molar-refractivity contribution in [3.8, 4) is 6.07 Å². The van der Waals surface area contributed by atoms with Gasteiger partial charge >= 0.3 is 0 Å². The van der Waals surface area contributed by atoms with Crippen LogP contribution >= 0.6 is 11.8 Å². The first-order chi connectivity index (χ1) is 7.13. The van der Waals surface area contributed by atoms with Crippen molar-refractivity contribution in [3.63, 3.8) is 0 Å². The molecule has 1 unspecified atom stereocenters. The van der Waals surface area contributed by atoms with Gasteiger partial charge in [-0.25, -0.2) is 4.39 Å². The molecule has 1 atom stereocenters. The van der Waals surface area contributed by atoms with E-state index in [1.807, 2.05) is 13.0 Å². The molecule has 15 heavy (non-hydrogen) atoms. The molecule has 0 fully saturated rings. The van der Waals surface area contributed by atoms with Crippen LogP contribution in [-0.4, -0.2) is 11.8 Å². The van der Waals surface area contributed by atoms with Gasteiger partial charge in [0.15, 0.2) is 0 Å². The third-order valence-corrected chi connectivity index (χ3v) is 3.10. The maximum atomic E-state index is 12.9. The van der Waals surface area contributed by atoms with E-state index >= 15 is 0 Å². The van der Waals surface area contributed by atoms with E-state index in [2.05, 4.69) is 0 Å². The first-order valence-corrected chi connectivity index (χ1v) is 5.81. The highest BCUT2D eigenvalue weighted by Gasteiger charge is 2.04. The number of rotatable bonds is 4. The molecule has 0 saturated heterocycles. The molecule has 1 aromatic carbocycles. The van der Waals surface area contributed by atoms with E-state index in [1.165, 1.54) is 18.2 Å². The van der Waals surface area contributed by atoms with Crippen molar-refractivity contribution in [1.29, 1.82) is 5.26 Å².